The van der Waals surface area contributed by atoms with E-state index in [0.717, 1.165) is 25.7 Å². The average molecular weight is 314 g/mol. The first kappa shape index (κ1) is 17.7. The molecule has 0 aliphatic heterocycles. The highest BCUT2D eigenvalue weighted by Gasteiger charge is 2.10. The molecule has 0 spiro atoms. The Morgan fingerprint density at radius 1 is 0.542 bits per heavy atom. The van der Waals surface area contributed by atoms with Gasteiger partial charge in [0.1, 0.15) is 0 Å². The molecule has 0 heterocycles. The summed E-state index contributed by atoms with van der Waals surface area (Å²) in [4.78, 5) is 0. The summed E-state index contributed by atoms with van der Waals surface area (Å²) >= 11 is 0. The van der Waals surface area contributed by atoms with Crippen LogP contribution in [0.25, 0.3) is 11.1 Å². The normalized spacial score (nSPS) is 10.2. The first-order chi connectivity index (χ1) is 11.7. The van der Waals surface area contributed by atoms with E-state index in [-0.39, 0.29) is 0 Å². The Bertz CT molecular complexity index is 681. The molecule has 2 aromatic rings. The van der Waals surface area contributed by atoms with Crippen LogP contribution in [0, 0.1) is 0 Å². The van der Waals surface area contributed by atoms with Crippen LogP contribution in [0.3, 0.4) is 0 Å². The molecule has 0 fully saturated rings. The van der Waals surface area contributed by atoms with Crippen molar-refractivity contribution in [3.8, 4) is 11.1 Å². The number of hydrogen-bond acceptors (Lipinski definition) is 0. The van der Waals surface area contributed by atoms with Crippen LogP contribution in [0.5, 0.6) is 0 Å². The molecule has 0 saturated heterocycles. The SMILES string of the molecule is C=CCc1ccc(-c2ccc(CC=C)cc2CC=C)c(CC=C)c1. The van der Waals surface area contributed by atoms with Crippen LogP contribution < -0.4 is 0 Å². The molecule has 0 aliphatic rings. The third-order valence-corrected chi connectivity index (χ3v) is 4.12. The van der Waals surface area contributed by atoms with E-state index in [4.69, 9.17) is 0 Å². The molecule has 2 aromatic carbocycles. The Morgan fingerprint density at radius 2 is 0.917 bits per heavy atom. The first-order valence-corrected chi connectivity index (χ1v) is 8.41. The molecule has 0 bridgehead atoms. The highest BCUT2D eigenvalue weighted by atomic mass is 14.1. The molecule has 0 N–H and O–H groups in total. The fourth-order valence-corrected chi connectivity index (χ4v) is 3.06. The van der Waals surface area contributed by atoms with E-state index in [2.05, 4.69) is 62.7 Å². The Morgan fingerprint density at radius 3 is 1.25 bits per heavy atom. The summed E-state index contributed by atoms with van der Waals surface area (Å²) in [5.41, 5.74) is 7.77. The van der Waals surface area contributed by atoms with E-state index in [1.165, 1.54) is 33.4 Å². The second-order valence-corrected chi connectivity index (χ2v) is 5.95. The predicted molar refractivity (Wildman–Crippen MR) is 107 cm³/mol. The Kier molecular flexibility index (Phi) is 6.57. The topological polar surface area (TPSA) is 0 Å². The summed E-state index contributed by atoms with van der Waals surface area (Å²) in [6.45, 7) is 15.5. The van der Waals surface area contributed by atoms with Gasteiger partial charge in [0.25, 0.3) is 0 Å². The minimum absolute atomic E-state index is 0.863. The molecule has 0 heteroatoms. The van der Waals surface area contributed by atoms with Crippen molar-refractivity contribution in [2.75, 3.05) is 0 Å². The molecular weight excluding hydrogens is 288 g/mol. The Hall–Kier alpha value is -2.60. The molecule has 0 atom stereocenters. The molecule has 0 amide bonds. The summed E-state index contributed by atoms with van der Waals surface area (Å²) in [7, 11) is 0. The molecule has 0 aromatic heterocycles. The van der Waals surface area contributed by atoms with Gasteiger partial charge in [-0.2, -0.15) is 0 Å². The quantitative estimate of drug-likeness (QED) is 0.479. The van der Waals surface area contributed by atoms with Gasteiger partial charge in [-0.15, -0.1) is 26.3 Å². The third-order valence-electron chi connectivity index (χ3n) is 4.12. The zero-order chi connectivity index (χ0) is 17.4. The number of hydrogen-bond donors (Lipinski definition) is 0. The second-order valence-electron chi connectivity index (χ2n) is 5.95. The lowest BCUT2D eigenvalue weighted by Gasteiger charge is -2.15. The lowest BCUT2D eigenvalue weighted by molar-refractivity contribution is 1.18. The molecule has 0 aliphatic carbocycles. The maximum Gasteiger partial charge on any atom is -0.00939 e. The zero-order valence-corrected chi connectivity index (χ0v) is 14.4. The largest absolute Gasteiger partial charge is 0.103 e. The van der Waals surface area contributed by atoms with Gasteiger partial charge in [-0.3, -0.25) is 0 Å². The molecular formula is C24H26. The maximum atomic E-state index is 3.92. The van der Waals surface area contributed by atoms with Crippen LogP contribution in [0.4, 0.5) is 0 Å². The molecule has 122 valence electrons. The highest BCUT2D eigenvalue weighted by molar-refractivity contribution is 5.72. The number of rotatable bonds is 9. The van der Waals surface area contributed by atoms with Crippen molar-refractivity contribution >= 4 is 0 Å². The van der Waals surface area contributed by atoms with Gasteiger partial charge in [-0.1, -0.05) is 60.7 Å². The smallest absolute Gasteiger partial charge is 0.00939 e. The van der Waals surface area contributed by atoms with Gasteiger partial charge in [0, 0.05) is 0 Å². The third kappa shape index (κ3) is 4.23. The molecule has 0 unspecified atom stereocenters. The van der Waals surface area contributed by atoms with E-state index in [1.54, 1.807) is 0 Å². The summed E-state index contributed by atoms with van der Waals surface area (Å²) < 4.78 is 0. The summed E-state index contributed by atoms with van der Waals surface area (Å²) in [5.74, 6) is 0. The van der Waals surface area contributed by atoms with Crippen LogP contribution in [0.15, 0.2) is 87.0 Å². The van der Waals surface area contributed by atoms with Crippen LogP contribution >= 0.6 is 0 Å². The van der Waals surface area contributed by atoms with Crippen molar-refractivity contribution < 1.29 is 0 Å². The maximum absolute atomic E-state index is 3.92. The fourth-order valence-electron chi connectivity index (χ4n) is 3.06. The predicted octanol–water partition coefficient (Wildman–Crippen LogP) is 6.27. The molecule has 0 nitrogen and oxygen atoms in total. The monoisotopic (exact) mass is 314 g/mol. The van der Waals surface area contributed by atoms with E-state index in [9.17, 15) is 0 Å². The lowest BCUT2D eigenvalue weighted by atomic mass is 9.89. The van der Waals surface area contributed by atoms with Gasteiger partial charge < -0.3 is 0 Å². The van der Waals surface area contributed by atoms with Gasteiger partial charge in [-0.25, -0.2) is 0 Å². The van der Waals surface area contributed by atoms with Crippen molar-refractivity contribution in [3.05, 3.63) is 109 Å². The molecule has 2 rings (SSSR count). The molecule has 0 radical (unpaired) electrons. The number of allylic oxidation sites excluding steroid dienone is 4. The van der Waals surface area contributed by atoms with Crippen molar-refractivity contribution in [2.45, 2.75) is 25.7 Å². The van der Waals surface area contributed by atoms with Crippen LogP contribution in [0.2, 0.25) is 0 Å². The standard InChI is InChI=1S/C24H26/c1-5-9-19-13-15-23(21(17-19)11-7-3)24-16-14-20(10-6-2)18-22(24)12-8-4/h5-8,13-18H,1-4,9-12H2. The van der Waals surface area contributed by atoms with Gasteiger partial charge in [-0.05, 0) is 59.1 Å². The molecule has 0 saturated carbocycles. The van der Waals surface area contributed by atoms with Crippen molar-refractivity contribution in [2.24, 2.45) is 0 Å². The van der Waals surface area contributed by atoms with Crippen LogP contribution in [0.1, 0.15) is 22.3 Å². The Balaban J connectivity index is 2.56. The van der Waals surface area contributed by atoms with Crippen LogP contribution in [-0.4, -0.2) is 0 Å². The summed E-state index contributed by atoms with van der Waals surface area (Å²) in [6, 6.07) is 13.4. The minimum atomic E-state index is 0.863. The summed E-state index contributed by atoms with van der Waals surface area (Å²) in [6.07, 6.45) is 11.3. The Labute approximate surface area is 146 Å². The lowest BCUT2D eigenvalue weighted by Crippen LogP contribution is -1.96. The van der Waals surface area contributed by atoms with Gasteiger partial charge >= 0.3 is 0 Å². The van der Waals surface area contributed by atoms with Crippen molar-refractivity contribution in [3.63, 3.8) is 0 Å². The number of benzene rings is 2. The van der Waals surface area contributed by atoms with E-state index in [1.807, 2.05) is 24.3 Å². The highest BCUT2D eigenvalue weighted by Crippen LogP contribution is 2.30. The van der Waals surface area contributed by atoms with Gasteiger partial charge in [0.15, 0.2) is 0 Å². The zero-order valence-electron chi connectivity index (χ0n) is 14.4. The molecule has 24 heavy (non-hydrogen) atoms. The van der Waals surface area contributed by atoms with Crippen molar-refractivity contribution in [1.82, 2.24) is 0 Å². The van der Waals surface area contributed by atoms with E-state index < -0.39 is 0 Å². The van der Waals surface area contributed by atoms with Gasteiger partial charge in [0.05, 0.1) is 0 Å². The van der Waals surface area contributed by atoms with Gasteiger partial charge in [0.2, 0.25) is 0 Å². The second kappa shape index (κ2) is 8.88. The minimum Gasteiger partial charge on any atom is -0.103 e. The van der Waals surface area contributed by atoms with Crippen molar-refractivity contribution in [1.29, 1.82) is 0 Å². The first-order valence-electron chi connectivity index (χ1n) is 8.41. The average Bonchev–Trinajstić information content (AvgIpc) is 2.57. The summed E-state index contributed by atoms with van der Waals surface area (Å²) in [5, 5.41) is 0. The van der Waals surface area contributed by atoms with Crippen LogP contribution in [-0.2, 0) is 25.7 Å². The fraction of sp³-hybridized carbons (Fsp3) is 0.167. The van der Waals surface area contributed by atoms with E-state index in [0.29, 0.717) is 0 Å². The van der Waals surface area contributed by atoms with E-state index >= 15 is 0 Å².